The molecule has 6 nitrogen and oxygen atoms in total. The van der Waals surface area contributed by atoms with E-state index in [0.717, 1.165) is 9.97 Å². The third kappa shape index (κ3) is 3.56. The van der Waals surface area contributed by atoms with Crippen molar-refractivity contribution in [3.63, 3.8) is 0 Å². The summed E-state index contributed by atoms with van der Waals surface area (Å²) in [7, 11) is 0. The summed E-state index contributed by atoms with van der Waals surface area (Å²) < 4.78 is 6.29. The number of nitrogens with zero attached hydrogens (tertiary/aromatic N) is 2. The van der Waals surface area contributed by atoms with E-state index in [4.69, 9.17) is 9.52 Å². The van der Waals surface area contributed by atoms with Crippen LogP contribution in [0.1, 0.15) is 11.7 Å². The van der Waals surface area contributed by atoms with Crippen molar-refractivity contribution >= 4 is 34.1 Å². The van der Waals surface area contributed by atoms with Crippen LogP contribution in [0.5, 0.6) is 0 Å². The van der Waals surface area contributed by atoms with Crippen molar-refractivity contribution in [3.8, 4) is 0 Å². The van der Waals surface area contributed by atoms with E-state index < -0.39 is 12.5 Å². The van der Waals surface area contributed by atoms with Crippen molar-refractivity contribution in [2.75, 3.05) is 11.9 Å². The average molecular weight is 285 g/mol. The van der Waals surface area contributed by atoms with Crippen LogP contribution in [-0.2, 0) is 10.5 Å². The van der Waals surface area contributed by atoms with Gasteiger partial charge in [-0.2, -0.15) is 0 Å². The van der Waals surface area contributed by atoms with Gasteiger partial charge in [0.25, 0.3) is 5.91 Å². The molecule has 2 rings (SSSR count). The molecule has 96 valence electrons. The lowest BCUT2D eigenvalue weighted by molar-refractivity contribution is -0.118. The number of aryl methyl sites for hydroxylation is 1. The van der Waals surface area contributed by atoms with E-state index in [0.29, 0.717) is 16.8 Å². The molecular formula is C10H11N3O3S2. The van der Waals surface area contributed by atoms with Gasteiger partial charge >= 0.3 is 0 Å². The monoisotopic (exact) mass is 285 g/mol. The average Bonchev–Trinajstić information content (AvgIpc) is 2.96. The van der Waals surface area contributed by atoms with E-state index in [9.17, 15) is 4.79 Å². The van der Waals surface area contributed by atoms with Crippen molar-refractivity contribution in [3.05, 3.63) is 24.0 Å². The largest absolute Gasteiger partial charge is 0.445 e. The smallest absolute Gasteiger partial charge is 0.251 e. The van der Waals surface area contributed by atoms with Crippen molar-refractivity contribution in [1.29, 1.82) is 0 Å². The summed E-state index contributed by atoms with van der Waals surface area (Å²) in [4.78, 5) is 19.1. The normalized spacial score (nSPS) is 10.6. The van der Waals surface area contributed by atoms with Gasteiger partial charge in [0.15, 0.2) is 5.13 Å². The summed E-state index contributed by atoms with van der Waals surface area (Å²) in [5.74, 6) is 1.59. The molecule has 0 atom stereocenters. The number of oxazole rings is 1. The third-order valence-corrected chi connectivity index (χ3v) is 3.97. The quantitative estimate of drug-likeness (QED) is 0.812. The van der Waals surface area contributed by atoms with Crippen LogP contribution >= 0.6 is 23.1 Å². The first kappa shape index (κ1) is 13.1. The second-order valence-electron chi connectivity index (χ2n) is 3.34. The van der Waals surface area contributed by atoms with Gasteiger partial charge in [-0.3, -0.25) is 10.1 Å². The fraction of sp³-hybridized carbons (Fsp3) is 0.300. The van der Waals surface area contributed by atoms with Crippen LogP contribution in [0, 0.1) is 6.92 Å². The van der Waals surface area contributed by atoms with E-state index in [1.165, 1.54) is 23.1 Å². The Morgan fingerprint density at radius 2 is 2.39 bits per heavy atom. The van der Waals surface area contributed by atoms with Gasteiger partial charge < -0.3 is 9.52 Å². The Labute approximate surface area is 111 Å². The zero-order chi connectivity index (χ0) is 13.0. The number of thioether (sulfide) groups is 1. The lowest BCUT2D eigenvalue weighted by Gasteiger charge is -1.95. The molecule has 0 unspecified atom stereocenters. The number of carbonyl (C=O) groups excluding carboxylic acids is 1. The molecular weight excluding hydrogens is 274 g/mol. The fourth-order valence-electron chi connectivity index (χ4n) is 1.14. The van der Waals surface area contributed by atoms with Gasteiger partial charge in [0, 0.05) is 0 Å². The molecule has 2 aromatic rings. The van der Waals surface area contributed by atoms with Crippen molar-refractivity contribution in [1.82, 2.24) is 9.97 Å². The van der Waals surface area contributed by atoms with Crippen LogP contribution in [0.15, 0.2) is 21.0 Å². The first-order valence-corrected chi connectivity index (χ1v) is 6.88. The Balaban J connectivity index is 1.88. The zero-order valence-corrected chi connectivity index (χ0v) is 11.2. The number of rotatable bonds is 5. The Kier molecular flexibility index (Phi) is 4.34. The van der Waals surface area contributed by atoms with E-state index in [1.807, 2.05) is 6.92 Å². The molecule has 0 aliphatic heterocycles. The second kappa shape index (κ2) is 5.98. The van der Waals surface area contributed by atoms with Crippen molar-refractivity contribution in [2.45, 2.75) is 16.9 Å². The van der Waals surface area contributed by atoms with Gasteiger partial charge in [-0.25, -0.2) is 9.97 Å². The molecule has 0 aliphatic rings. The number of hydrogen-bond donors (Lipinski definition) is 2. The highest BCUT2D eigenvalue weighted by Gasteiger charge is 2.07. The predicted molar refractivity (Wildman–Crippen MR) is 68.6 cm³/mol. The lowest BCUT2D eigenvalue weighted by atomic mass is 10.6. The molecule has 2 N–H and O–H groups in total. The topological polar surface area (TPSA) is 88.2 Å². The molecule has 0 bridgehead atoms. The van der Waals surface area contributed by atoms with Crippen molar-refractivity contribution in [2.24, 2.45) is 0 Å². The van der Waals surface area contributed by atoms with E-state index in [1.54, 1.807) is 12.4 Å². The van der Waals surface area contributed by atoms with Crippen molar-refractivity contribution < 1.29 is 14.3 Å². The van der Waals surface area contributed by atoms with E-state index in [2.05, 4.69) is 15.3 Å². The van der Waals surface area contributed by atoms with Gasteiger partial charge in [-0.15, -0.1) is 11.8 Å². The number of aliphatic hydroxyl groups is 1. The maximum absolute atomic E-state index is 10.9. The number of hydrogen-bond acceptors (Lipinski definition) is 7. The van der Waals surface area contributed by atoms with E-state index in [-0.39, 0.29) is 0 Å². The number of thiazole rings is 1. The molecule has 0 saturated heterocycles. The molecule has 0 saturated carbocycles. The summed E-state index contributed by atoms with van der Waals surface area (Å²) in [5, 5.41) is 11.5. The van der Waals surface area contributed by atoms with Gasteiger partial charge in [0.05, 0.1) is 22.4 Å². The molecule has 0 aliphatic carbocycles. The van der Waals surface area contributed by atoms with Crippen LogP contribution in [0.2, 0.25) is 0 Å². The molecule has 8 heteroatoms. The number of nitrogens with one attached hydrogen (secondary N) is 1. The first-order valence-electron chi connectivity index (χ1n) is 5.08. The molecule has 18 heavy (non-hydrogen) atoms. The van der Waals surface area contributed by atoms with Crippen LogP contribution in [0.3, 0.4) is 0 Å². The summed E-state index contributed by atoms with van der Waals surface area (Å²) in [5.41, 5.74) is 0. The fourth-order valence-corrected chi connectivity index (χ4v) is 2.89. The Bertz CT molecular complexity index is 538. The maximum Gasteiger partial charge on any atom is 0.251 e. The minimum Gasteiger partial charge on any atom is -0.445 e. The van der Waals surface area contributed by atoms with Gasteiger partial charge in [0.2, 0.25) is 5.89 Å². The summed E-state index contributed by atoms with van der Waals surface area (Å²) in [6.07, 6.45) is 3.34. The van der Waals surface area contributed by atoms with E-state index >= 15 is 0 Å². The van der Waals surface area contributed by atoms with Crippen LogP contribution < -0.4 is 5.32 Å². The summed E-state index contributed by atoms with van der Waals surface area (Å²) >= 11 is 2.87. The van der Waals surface area contributed by atoms with Gasteiger partial charge in [0.1, 0.15) is 12.4 Å². The Morgan fingerprint density at radius 3 is 3.06 bits per heavy atom. The first-order chi connectivity index (χ1) is 8.67. The standard InChI is InChI=1S/C10H11N3O3S2/c1-6-2-11-8(16-6)5-17-9-3-12-10(18-9)13-7(15)4-14/h2-3,14H,4-5H2,1H3,(H,12,13,15). The number of aliphatic hydroxyl groups excluding tert-OH is 1. The molecule has 2 aromatic heterocycles. The highest BCUT2D eigenvalue weighted by atomic mass is 32.2. The molecule has 0 radical (unpaired) electrons. The number of aromatic nitrogens is 2. The Morgan fingerprint density at radius 1 is 1.56 bits per heavy atom. The van der Waals surface area contributed by atoms with Crippen LogP contribution in [0.25, 0.3) is 0 Å². The molecule has 0 aromatic carbocycles. The maximum atomic E-state index is 10.9. The molecule has 1 amide bonds. The van der Waals surface area contributed by atoms with Gasteiger partial charge in [-0.1, -0.05) is 11.3 Å². The summed E-state index contributed by atoms with van der Waals surface area (Å²) in [6.45, 7) is 1.30. The van der Waals surface area contributed by atoms with Crippen LogP contribution in [0.4, 0.5) is 5.13 Å². The number of amides is 1. The molecule has 2 heterocycles. The minimum absolute atomic E-state index is 0.468. The van der Waals surface area contributed by atoms with Crippen LogP contribution in [-0.4, -0.2) is 27.6 Å². The second-order valence-corrected chi connectivity index (χ2v) is 5.65. The Hall–Kier alpha value is -1.38. The highest BCUT2D eigenvalue weighted by molar-refractivity contribution is 8.00. The third-order valence-electron chi connectivity index (χ3n) is 1.88. The minimum atomic E-state index is -0.544. The number of carbonyl (C=O) groups is 1. The number of anilines is 1. The van der Waals surface area contributed by atoms with Gasteiger partial charge in [-0.05, 0) is 6.92 Å². The highest BCUT2D eigenvalue weighted by Crippen LogP contribution is 2.30. The summed E-state index contributed by atoms with van der Waals surface area (Å²) in [6, 6.07) is 0. The SMILES string of the molecule is Cc1cnc(CSc2cnc(NC(=O)CO)s2)o1. The predicted octanol–water partition coefficient (Wildman–Crippen LogP) is 1.66. The lowest BCUT2D eigenvalue weighted by Crippen LogP contribution is -2.14. The zero-order valence-electron chi connectivity index (χ0n) is 9.54. The molecule has 0 spiro atoms. The molecule has 0 fully saturated rings.